The fraction of sp³-hybridized carbons (Fsp3) is 0.263. The van der Waals surface area contributed by atoms with Crippen LogP contribution >= 0.6 is 0 Å². The predicted octanol–water partition coefficient (Wildman–Crippen LogP) is 2.70. The molecule has 1 fully saturated rings. The summed E-state index contributed by atoms with van der Waals surface area (Å²) in [6, 6.07) is 12.9. The van der Waals surface area contributed by atoms with E-state index in [0.717, 1.165) is 12.1 Å². The number of carbonyl (C=O) groups excluding carboxylic acids is 1. The van der Waals surface area contributed by atoms with E-state index >= 15 is 0 Å². The fourth-order valence-electron chi connectivity index (χ4n) is 2.92. The number of carbonyl (C=O) groups is 1. The molecule has 0 aliphatic carbocycles. The molecule has 6 nitrogen and oxygen atoms in total. The largest absolute Gasteiger partial charge is 0.426 e. The second-order valence-electron chi connectivity index (χ2n) is 6.19. The van der Waals surface area contributed by atoms with Gasteiger partial charge in [0.1, 0.15) is 11.6 Å². The molecular weight excluding hydrogens is 371 g/mol. The van der Waals surface area contributed by atoms with Crippen LogP contribution in [0.2, 0.25) is 0 Å². The van der Waals surface area contributed by atoms with Gasteiger partial charge >= 0.3 is 5.97 Å². The van der Waals surface area contributed by atoms with Crippen LogP contribution in [0.3, 0.4) is 0 Å². The van der Waals surface area contributed by atoms with Crippen molar-refractivity contribution in [1.82, 2.24) is 4.31 Å². The summed E-state index contributed by atoms with van der Waals surface area (Å²) in [6.07, 6.45) is 0.661. The van der Waals surface area contributed by atoms with Crippen molar-refractivity contribution in [2.75, 3.05) is 13.1 Å². The highest BCUT2D eigenvalue weighted by atomic mass is 32.2. The van der Waals surface area contributed by atoms with Crippen molar-refractivity contribution in [3.8, 4) is 11.8 Å². The maximum absolute atomic E-state index is 13.0. The van der Waals surface area contributed by atoms with Gasteiger partial charge in [-0.25, -0.2) is 12.8 Å². The third-order valence-corrected chi connectivity index (χ3v) is 6.33. The molecule has 1 aliphatic heterocycles. The van der Waals surface area contributed by atoms with Crippen molar-refractivity contribution in [3.05, 3.63) is 59.9 Å². The maximum Gasteiger partial charge on any atom is 0.314 e. The highest BCUT2D eigenvalue weighted by Crippen LogP contribution is 2.25. The Morgan fingerprint density at radius 2 is 1.81 bits per heavy atom. The summed E-state index contributed by atoms with van der Waals surface area (Å²) >= 11 is 0. The van der Waals surface area contributed by atoms with E-state index in [2.05, 4.69) is 0 Å². The highest BCUT2D eigenvalue weighted by molar-refractivity contribution is 7.89. The quantitative estimate of drug-likeness (QED) is 0.594. The number of ether oxygens (including phenoxy) is 1. The molecule has 0 bridgehead atoms. The van der Waals surface area contributed by atoms with Gasteiger partial charge in [-0.05, 0) is 55.3 Å². The Hall–Kier alpha value is -2.76. The van der Waals surface area contributed by atoms with E-state index < -0.39 is 27.7 Å². The van der Waals surface area contributed by atoms with E-state index in [1.807, 2.05) is 6.07 Å². The normalized spacial score (nSPS) is 15.9. The Balaban J connectivity index is 1.62. The minimum atomic E-state index is -3.72. The van der Waals surface area contributed by atoms with Crippen molar-refractivity contribution in [1.29, 1.82) is 5.26 Å². The van der Waals surface area contributed by atoms with Crippen molar-refractivity contribution in [2.24, 2.45) is 5.92 Å². The van der Waals surface area contributed by atoms with Gasteiger partial charge in [0, 0.05) is 13.1 Å². The number of nitrogens with zero attached hydrogens (tertiary/aromatic N) is 2. The summed E-state index contributed by atoms with van der Waals surface area (Å²) in [4.78, 5) is 12.3. The van der Waals surface area contributed by atoms with Gasteiger partial charge in [-0.3, -0.25) is 4.79 Å². The molecule has 27 heavy (non-hydrogen) atoms. The Labute approximate surface area is 156 Å². The standard InChI is InChI=1S/C19H17FN2O4S/c20-16-4-6-18(7-5-16)27(24,25)22-10-8-15(9-11-22)19(23)26-17-3-1-2-14(12-17)13-21/h1-7,12,15H,8-11H2. The molecule has 0 saturated carbocycles. The van der Waals surface area contributed by atoms with Gasteiger partial charge in [-0.2, -0.15) is 9.57 Å². The van der Waals surface area contributed by atoms with E-state index in [-0.39, 0.29) is 18.0 Å². The number of hydrogen-bond donors (Lipinski definition) is 0. The predicted molar refractivity (Wildman–Crippen MR) is 94.7 cm³/mol. The average molecular weight is 388 g/mol. The number of esters is 1. The number of hydrogen-bond acceptors (Lipinski definition) is 5. The van der Waals surface area contributed by atoms with Gasteiger partial charge < -0.3 is 4.74 Å². The number of rotatable bonds is 4. The zero-order valence-electron chi connectivity index (χ0n) is 14.3. The SMILES string of the molecule is N#Cc1cccc(OC(=O)C2CCN(S(=O)(=O)c3ccc(F)cc3)CC2)c1. The number of nitriles is 1. The lowest BCUT2D eigenvalue weighted by molar-refractivity contribution is -0.140. The van der Waals surface area contributed by atoms with Crippen LogP contribution in [0.5, 0.6) is 5.75 Å². The van der Waals surface area contributed by atoms with Crippen LogP contribution in [0.4, 0.5) is 4.39 Å². The smallest absolute Gasteiger partial charge is 0.314 e. The molecule has 0 aromatic heterocycles. The maximum atomic E-state index is 13.0. The molecule has 2 aromatic rings. The monoisotopic (exact) mass is 388 g/mol. The minimum Gasteiger partial charge on any atom is -0.426 e. The molecule has 1 heterocycles. The molecule has 0 unspecified atom stereocenters. The first-order valence-electron chi connectivity index (χ1n) is 8.38. The molecule has 1 saturated heterocycles. The van der Waals surface area contributed by atoms with Crippen molar-refractivity contribution in [3.63, 3.8) is 0 Å². The minimum absolute atomic E-state index is 0.0262. The van der Waals surface area contributed by atoms with Crippen molar-refractivity contribution in [2.45, 2.75) is 17.7 Å². The molecule has 0 amide bonds. The van der Waals surface area contributed by atoms with E-state index in [1.54, 1.807) is 18.2 Å². The first-order valence-corrected chi connectivity index (χ1v) is 9.82. The second kappa shape index (κ2) is 7.86. The molecule has 140 valence electrons. The van der Waals surface area contributed by atoms with E-state index in [4.69, 9.17) is 10.00 Å². The molecule has 0 atom stereocenters. The molecule has 3 rings (SSSR count). The first-order chi connectivity index (χ1) is 12.9. The average Bonchev–Trinajstić information content (AvgIpc) is 2.68. The topological polar surface area (TPSA) is 87.5 Å². The summed E-state index contributed by atoms with van der Waals surface area (Å²) in [6.45, 7) is 0.357. The van der Waals surface area contributed by atoms with Gasteiger partial charge in [0.05, 0.1) is 22.4 Å². The number of piperidine rings is 1. The molecule has 1 aliphatic rings. The number of halogens is 1. The van der Waals surface area contributed by atoms with Crippen LogP contribution in [-0.2, 0) is 14.8 Å². The number of benzene rings is 2. The van der Waals surface area contributed by atoms with Gasteiger partial charge in [-0.15, -0.1) is 0 Å². The highest BCUT2D eigenvalue weighted by Gasteiger charge is 2.33. The lowest BCUT2D eigenvalue weighted by atomic mass is 9.98. The van der Waals surface area contributed by atoms with E-state index in [9.17, 15) is 17.6 Å². The fourth-order valence-corrected chi connectivity index (χ4v) is 4.39. The Kier molecular flexibility index (Phi) is 5.54. The Morgan fingerprint density at radius 3 is 2.44 bits per heavy atom. The van der Waals surface area contributed by atoms with Gasteiger partial charge in [0.2, 0.25) is 10.0 Å². The van der Waals surface area contributed by atoms with Crippen molar-refractivity contribution < 1.29 is 22.3 Å². The van der Waals surface area contributed by atoms with Crippen LogP contribution in [0.1, 0.15) is 18.4 Å². The molecule has 8 heteroatoms. The van der Waals surface area contributed by atoms with Crippen LogP contribution in [-0.4, -0.2) is 31.8 Å². The van der Waals surface area contributed by atoms with Gasteiger partial charge in [0.25, 0.3) is 0 Å². The molecule has 0 radical (unpaired) electrons. The van der Waals surface area contributed by atoms with E-state index in [1.165, 1.54) is 22.5 Å². The molecule has 2 aromatic carbocycles. The van der Waals surface area contributed by atoms with Crippen molar-refractivity contribution >= 4 is 16.0 Å². The third kappa shape index (κ3) is 4.32. The van der Waals surface area contributed by atoms with Gasteiger partial charge in [0.15, 0.2) is 0 Å². The summed E-state index contributed by atoms with van der Waals surface area (Å²) in [5.41, 5.74) is 0.389. The molecule has 0 N–H and O–H groups in total. The molecular formula is C19H17FN2O4S. The van der Waals surface area contributed by atoms with Crippen LogP contribution in [0.15, 0.2) is 53.4 Å². The number of sulfonamides is 1. The third-order valence-electron chi connectivity index (χ3n) is 4.42. The lowest BCUT2D eigenvalue weighted by Gasteiger charge is -2.30. The summed E-state index contributed by atoms with van der Waals surface area (Å²) in [7, 11) is -3.72. The summed E-state index contributed by atoms with van der Waals surface area (Å²) < 4.78 is 44.8. The van der Waals surface area contributed by atoms with E-state index in [0.29, 0.717) is 24.2 Å². The summed E-state index contributed by atoms with van der Waals surface area (Å²) in [5, 5.41) is 8.89. The van der Waals surface area contributed by atoms with Gasteiger partial charge in [-0.1, -0.05) is 6.07 Å². The second-order valence-corrected chi connectivity index (χ2v) is 8.13. The zero-order valence-corrected chi connectivity index (χ0v) is 15.2. The van der Waals surface area contributed by atoms with Crippen LogP contribution < -0.4 is 4.74 Å². The molecule has 0 spiro atoms. The zero-order chi connectivity index (χ0) is 19.4. The van der Waals surface area contributed by atoms with Crippen LogP contribution in [0, 0.1) is 23.1 Å². The lowest BCUT2D eigenvalue weighted by Crippen LogP contribution is -2.41. The van der Waals surface area contributed by atoms with Crippen LogP contribution in [0.25, 0.3) is 0 Å². The Bertz CT molecular complexity index is 976. The Morgan fingerprint density at radius 1 is 1.15 bits per heavy atom. The first kappa shape index (κ1) is 19.0. The summed E-state index contributed by atoms with van der Waals surface area (Å²) in [5.74, 6) is -1.07.